The van der Waals surface area contributed by atoms with Gasteiger partial charge in [0.15, 0.2) is 5.69 Å². The molecule has 0 radical (unpaired) electrons. The Morgan fingerprint density at radius 2 is 1.90 bits per heavy atom. The first-order chi connectivity index (χ1) is 14.0. The number of nitrogens with zero attached hydrogens (tertiary/aromatic N) is 3. The van der Waals surface area contributed by atoms with Crippen LogP contribution in [0.3, 0.4) is 0 Å². The molecule has 2 N–H and O–H groups in total. The molecule has 2 aromatic heterocycles. The Balaban J connectivity index is 0.00000256. The molecule has 1 aliphatic heterocycles. The van der Waals surface area contributed by atoms with Crippen LogP contribution >= 0.6 is 0 Å². The molecule has 1 aromatic carbocycles. The summed E-state index contributed by atoms with van der Waals surface area (Å²) >= 11 is 0. The number of hydrogen-bond donors (Lipinski definition) is 2. The minimum Gasteiger partial charge on any atom is -0.545 e. The molecule has 30 heavy (non-hydrogen) atoms. The summed E-state index contributed by atoms with van der Waals surface area (Å²) < 4.78 is 0.890. The molecule has 0 unspecified atom stereocenters. The van der Waals surface area contributed by atoms with Gasteiger partial charge in [-0.05, 0) is 31.5 Å². The second-order valence-electron chi connectivity index (χ2n) is 7.02. The van der Waals surface area contributed by atoms with Gasteiger partial charge in [0.1, 0.15) is 5.65 Å². The standard InChI is InChI=1S/C20H21N5O4.Na/c26-18-15(20(28)29)11-22-17-10-16(23-25(17)18)19(27)24(14-6-8-21-9-7-14)12-13-4-2-1-3-5-13;/h1-5,10-11,14,21-22H,6-9,12H2,(H,28,29);/q;+1/p-1. The van der Waals surface area contributed by atoms with Crippen molar-refractivity contribution in [3.63, 3.8) is 0 Å². The summed E-state index contributed by atoms with van der Waals surface area (Å²) in [5.41, 5.74) is -0.0523. The number of benzene rings is 1. The number of amides is 1. The van der Waals surface area contributed by atoms with Gasteiger partial charge in [-0.1, -0.05) is 30.3 Å². The molecule has 9 nitrogen and oxygen atoms in total. The molecule has 0 saturated carbocycles. The van der Waals surface area contributed by atoms with Crippen LogP contribution in [0.4, 0.5) is 0 Å². The van der Waals surface area contributed by atoms with Crippen molar-refractivity contribution in [1.29, 1.82) is 0 Å². The summed E-state index contributed by atoms with van der Waals surface area (Å²) in [5.74, 6) is -1.90. The fraction of sp³-hybridized carbons (Fsp3) is 0.300. The van der Waals surface area contributed by atoms with Crippen LogP contribution in [0.5, 0.6) is 0 Å². The molecule has 1 saturated heterocycles. The molecule has 1 fully saturated rings. The average Bonchev–Trinajstić information content (AvgIpc) is 3.18. The van der Waals surface area contributed by atoms with Crippen LogP contribution in [0.15, 0.2) is 47.4 Å². The first-order valence-corrected chi connectivity index (χ1v) is 9.43. The van der Waals surface area contributed by atoms with Crippen molar-refractivity contribution >= 4 is 17.5 Å². The van der Waals surface area contributed by atoms with Crippen molar-refractivity contribution in [3.8, 4) is 0 Å². The number of H-pyrrole nitrogens is 1. The van der Waals surface area contributed by atoms with Crippen molar-refractivity contribution in [2.24, 2.45) is 0 Å². The molecule has 0 aliphatic carbocycles. The van der Waals surface area contributed by atoms with E-state index in [1.165, 1.54) is 6.07 Å². The largest absolute Gasteiger partial charge is 1.00 e. The first kappa shape index (κ1) is 22.2. The van der Waals surface area contributed by atoms with E-state index in [2.05, 4.69) is 15.4 Å². The number of aromatic amines is 1. The maximum absolute atomic E-state index is 13.3. The number of fused-ring (bicyclic) bond motifs is 1. The minimum atomic E-state index is -1.60. The second kappa shape index (κ2) is 9.57. The SMILES string of the molecule is O=C([O-])c1c[nH]c2cc(C(=O)N(Cc3ccccc3)C3CCNCC3)nn2c1=O.[Na+]. The Morgan fingerprint density at radius 1 is 1.20 bits per heavy atom. The third kappa shape index (κ3) is 4.49. The summed E-state index contributed by atoms with van der Waals surface area (Å²) in [4.78, 5) is 41.2. The number of piperidine rings is 1. The molecule has 4 rings (SSSR count). The third-order valence-electron chi connectivity index (χ3n) is 5.14. The zero-order valence-corrected chi connectivity index (χ0v) is 18.6. The van der Waals surface area contributed by atoms with E-state index in [9.17, 15) is 19.5 Å². The molecule has 0 spiro atoms. The summed E-state index contributed by atoms with van der Waals surface area (Å²) in [6, 6.07) is 11.2. The zero-order valence-electron chi connectivity index (χ0n) is 16.6. The van der Waals surface area contributed by atoms with Crippen LogP contribution in [0.2, 0.25) is 0 Å². The molecule has 0 atom stereocenters. The third-order valence-corrected chi connectivity index (χ3v) is 5.14. The topological polar surface area (TPSA) is 123 Å². The number of carbonyl (C=O) groups is 2. The van der Waals surface area contributed by atoms with Crippen molar-refractivity contribution in [3.05, 3.63) is 69.8 Å². The number of hydrogen-bond acceptors (Lipinski definition) is 6. The minimum absolute atomic E-state index is 0. The first-order valence-electron chi connectivity index (χ1n) is 9.43. The second-order valence-corrected chi connectivity index (χ2v) is 7.02. The Kier molecular flexibility index (Phi) is 7.09. The van der Waals surface area contributed by atoms with Crippen molar-refractivity contribution < 1.29 is 44.3 Å². The molecule has 3 heterocycles. The quantitative estimate of drug-likeness (QED) is 0.421. The van der Waals surface area contributed by atoms with E-state index in [1.807, 2.05) is 30.3 Å². The Labute approximate surface area is 194 Å². The normalized spacial score (nSPS) is 14.3. The van der Waals surface area contributed by atoms with Gasteiger partial charge in [0.25, 0.3) is 11.5 Å². The van der Waals surface area contributed by atoms with Gasteiger partial charge in [-0.3, -0.25) is 9.59 Å². The van der Waals surface area contributed by atoms with Crippen LogP contribution < -0.4 is 45.5 Å². The van der Waals surface area contributed by atoms with E-state index in [4.69, 9.17) is 0 Å². The van der Waals surface area contributed by atoms with Gasteiger partial charge in [0.05, 0.1) is 11.5 Å². The molecule has 1 aliphatic rings. The number of aromatic nitrogens is 3. The van der Waals surface area contributed by atoms with E-state index in [-0.39, 0.29) is 52.8 Å². The monoisotopic (exact) mass is 417 g/mol. The van der Waals surface area contributed by atoms with Crippen LogP contribution in [-0.2, 0) is 6.54 Å². The maximum Gasteiger partial charge on any atom is 1.00 e. The number of carboxylic acids is 1. The molecular formula is C20H20N5NaO4. The molecule has 1 amide bonds. The van der Waals surface area contributed by atoms with Crippen molar-refractivity contribution in [1.82, 2.24) is 24.8 Å². The summed E-state index contributed by atoms with van der Waals surface area (Å²) in [6.45, 7) is 2.07. The Hall–Kier alpha value is -2.46. The molecular weight excluding hydrogens is 397 g/mol. The van der Waals surface area contributed by atoms with Gasteiger partial charge in [0.2, 0.25) is 0 Å². The van der Waals surface area contributed by atoms with Gasteiger partial charge in [-0.15, -0.1) is 0 Å². The van der Waals surface area contributed by atoms with Crippen molar-refractivity contribution in [2.75, 3.05) is 13.1 Å². The summed E-state index contributed by atoms with van der Waals surface area (Å²) in [7, 11) is 0. The number of nitrogens with one attached hydrogen (secondary N) is 2. The zero-order chi connectivity index (χ0) is 20.4. The van der Waals surface area contributed by atoms with Gasteiger partial charge < -0.3 is 25.1 Å². The van der Waals surface area contributed by atoms with Crippen LogP contribution in [0.1, 0.15) is 39.3 Å². The number of rotatable bonds is 5. The molecule has 150 valence electrons. The van der Waals surface area contributed by atoms with Gasteiger partial charge >= 0.3 is 29.6 Å². The average molecular weight is 417 g/mol. The van der Waals surface area contributed by atoms with Crippen LogP contribution in [0, 0.1) is 0 Å². The van der Waals surface area contributed by atoms with E-state index in [1.54, 1.807) is 4.90 Å². The predicted molar refractivity (Wildman–Crippen MR) is 102 cm³/mol. The van der Waals surface area contributed by atoms with E-state index in [0.29, 0.717) is 6.54 Å². The molecule has 3 aromatic rings. The Morgan fingerprint density at radius 3 is 2.57 bits per heavy atom. The fourth-order valence-electron chi connectivity index (χ4n) is 3.62. The van der Waals surface area contributed by atoms with Gasteiger partial charge in [0, 0.05) is 24.8 Å². The fourth-order valence-corrected chi connectivity index (χ4v) is 3.62. The number of carbonyl (C=O) groups excluding carboxylic acids is 2. The van der Waals surface area contributed by atoms with Gasteiger partial charge in [-0.2, -0.15) is 9.61 Å². The number of carboxylic acid groups (broad SMARTS) is 1. The maximum atomic E-state index is 13.3. The van der Waals surface area contributed by atoms with E-state index in [0.717, 1.165) is 42.2 Å². The van der Waals surface area contributed by atoms with Crippen molar-refractivity contribution in [2.45, 2.75) is 25.4 Å². The predicted octanol–water partition coefficient (Wildman–Crippen LogP) is -3.22. The van der Waals surface area contributed by atoms with Crippen LogP contribution in [-0.4, -0.2) is 50.5 Å². The smallest absolute Gasteiger partial charge is 0.545 e. The van der Waals surface area contributed by atoms with Crippen LogP contribution in [0.25, 0.3) is 5.65 Å². The molecule has 10 heteroatoms. The molecule has 0 bridgehead atoms. The summed E-state index contributed by atoms with van der Waals surface area (Å²) in [5, 5.41) is 18.5. The number of aromatic carboxylic acids is 1. The van der Waals surface area contributed by atoms with E-state index < -0.39 is 17.1 Å². The Bertz CT molecular complexity index is 1110. The van der Waals surface area contributed by atoms with Gasteiger partial charge in [-0.25, -0.2) is 0 Å². The van der Waals surface area contributed by atoms with E-state index >= 15 is 0 Å². The summed E-state index contributed by atoms with van der Waals surface area (Å²) in [6.07, 6.45) is 2.69.